The number of fused-ring (bicyclic) bond motifs is 1. The number of hydrogen-bond acceptors (Lipinski definition) is 5. The van der Waals surface area contributed by atoms with Gasteiger partial charge in [-0.1, -0.05) is 23.8 Å². The summed E-state index contributed by atoms with van der Waals surface area (Å²) in [5.41, 5.74) is 5.83. The summed E-state index contributed by atoms with van der Waals surface area (Å²) in [6.07, 6.45) is 0. The topological polar surface area (TPSA) is 95.6 Å². The van der Waals surface area contributed by atoms with Crippen LogP contribution in [0.25, 0.3) is 10.1 Å². The second-order valence-electron chi connectivity index (χ2n) is 6.75. The molecule has 0 saturated carbocycles. The highest BCUT2D eigenvalue weighted by Gasteiger charge is 2.23. The van der Waals surface area contributed by atoms with Crippen molar-refractivity contribution in [2.24, 2.45) is 0 Å². The van der Waals surface area contributed by atoms with E-state index in [1.165, 1.54) is 25.2 Å². The molecule has 10 heteroatoms. The van der Waals surface area contributed by atoms with Crippen LogP contribution >= 0.6 is 11.3 Å². The highest BCUT2D eigenvalue weighted by Crippen LogP contribution is 2.32. The van der Waals surface area contributed by atoms with Crippen LogP contribution in [0.2, 0.25) is 0 Å². The SMILES string of the molecule is Cc1ccc(S(=O)(=O)N(C)CC(=O)NNC(=O)c2sc3cccc(F)c3c2C)cc1. The fourth-order valence-electron chi connectivity index (χ4n) is 2.87. The van der Waals surface area contributed by atoms with Crippen LogP contribution in [-0.4, -0.2) is 38.1 Å². The van der Waals surface area contributed by atoms with E-state index in [-0.39, 0.29) is 9.77 Å². The molecule has 0 aliphatic rings. The van der Waals surface area contributed by atoms with Crippen molar-refractivity contribution >= 4 is 43.3 Å². The Morgan fingerprint density at radius 1 is 1.07 bits per heavy atom. The van der Waals surface area contributed by atoms with Crippen molar-refractivity contribution in [3.63, 3.8) is 0 Å². The lowest BCUT2D eigenvalue weighted by atomic mass is 10.1. The molecular weight excluding hydrogens is 429 g/mol. The Morgan fingerprint density at radius 2 is 1.73 bits per heavy atom. The van der Waals surface area contributed by atoms with Gasteiger partial charge in [-0.3, -0.25) is 20.4 Å². The van der Waals surface area contributed by atoms with Crippen molar-refractivity contribution in [1.29, 1.82) is 0 Å². The molecule has 2 amide bonds. The molecule has 3 aromatic rings. The summed E-state index contributed by atoms with van der Waals surface area (Å²) in [7, 11) is -2.58. The zero-order chi connectivity index (χ0) is 22.1. The molecular formula is C20H20FN3O4S2. The number of benzene rings is 2. The van der Waals surface area contributed by atoms with Gasteiger partial charge in [0.2, 0.25) is 10.0 Å². The highest BCUT2D eigenvalue weighted by molar-refractivity contribution is 7.89. The van der Waals surface area contributed by atoms with Crippen molar-refractivity contribution in [3.8, 4) is 0 Å². The number of likely N-dealkylation sites (N-methyl/N-ethyl adjacent to an activating group) is 1. The van der Waals surface area contributed by atoms with Crippen molar-refractivity contribution in [3.05, 3.63) is 64.3 Å². The lowest BCUT2D eigenvalue weighted by Crippen LogP contribution is -2.46. The maximum atomic E-state index is 14.0. The molecule has 1 heterocycles. The third kappa shape index (κ3) is 4.35. The van der Waals surface area contributed by atoms with E-state index in [0.29, 0.717) is 15.6 Å². The van der Waals surface area contributed by atoms with E-state index < -0.39 is 34.2 Å². The lowest BCUT2D eigenvalue weighted by molar-refractivity contribution is -0.121. The van der Waals surface area contributed by atoms with Crippen LogP contribution < -0.4 is 10.9 Å². The summed E-state index contributed by atoms with van der Waals surface area (Å²) in [4.78, 5) is 24.9. The van der Waals surface area contributed by atoms with E-state index in [1.54, 1.807) is 31.2 Å². The molecule has 158 valence electrons. The number of nitrogens with one attached hydrogen (secondary N) is 2. The van der Waals surface area contributed by atoms with Gasteiger partial charge >= 0.3 is 0 Å². The average molecular weight is 450 g/mol. The quantitative estimate of drug-likeness (QED) is 0.586. The Balaban J connectivity index is 1.64. The molecule has 3 rings (SSSR count). The zero-order valence-electron chi connectivity index (χ0n) is 16.5. The number of nitrogens with zero attached hydrogens (tertiary/aromatic N) is 1. The first kappa shape index (κ1) is 21.9. The largest absolute Gasteiger partial charge is 0.280 e. The van der Waals surface area contributed by atoms with Gasteiger partial charge in [-0.15, -0.1) is 11.3 Å². The number of hydrazine groups is 1. The molecule has 0 unspecified atom stereocenters. The van der Waals surface area contributed by atoms with E-state index in [4.69, 9.17) is 0 Å². The van der Waals surface area contributed by atoms with Crippen molar-refractivity contribution < 1.29 is 22.4 Å². The maximum Gasteiger partial charge on any atom is 0.280 e. The van der Waals surface area contributed by atoms with Gasteiger partial charge < -0.3 is 0 Å². The fourth-order valence-corrected chi connectivity index (χ4v) is 5.12. The minimum atomic E-state index is -3.85. The monoisotopic (exact) mass is 449 g/mol. The summed E-state index contributed by atoms with van der Waals surface area (Å²) in [5.74, 6) is -1.75. The van der Waals surface area contributed by atoms with Crippen LogP contribution in [-0.2, 0) is 14.8 Å². The van der Waals surface area contributed by atoms with Crippen LogP contribution in [0.3, 0.4) is 0 Å². The Labute approximate surface area is 177 Å². The molecule has 0 aliphatic carbocycles. The Kier molecular flexibility index (Phi) is 6.20. The van der Waals surface area contributed by atoms with Crippen LogP contribution in [0.4, 0.5) is 4.39 Å². The normalized spacial score (nSPS) is 11.6. The molecule has 0 saturated heterocycles. The number of hydrogen-bond donors (Lipinski definition) is 2. The molecule has 0 atom stereocenters. The van der Waals surface area contributed by atoms with E-state index >= 15 is 0 Å². The molecule has 30 heavy (non-hydrogen) atoms. The predicted octanol–water partition coefficient (Wildman–Crippen LogP) is 2.74. The van der Waals surface area contributed by atoms with Gasteiger partial charge in [0, 0.05) is 17.1 Å². The molecule has 0 fully saturated rings. The third-order valence-corrected chi connectivity index (χ3v) is 7.59. The third-order valence-electron chi connectivity index (χ3n) is 4.52. The van der Waals surface area contributed by atoms with Gasteiger partial charge in [0.15, 0.2) is 0 Å². The number of rotatable bonds is 5. The second kappa shape index (κ2) is 8.50. The highest BCUT2D eigenvalue weighted by atomic mass is 32.2. The summed E-state index contributed by atoms with van der Waals surface area (Å²) in [5, 5.41) is 0.364. The number of carbonyl (C=O) groups is 2. The smallest absolute Gasteiger partial charge is 0.272 e. The molecule has 0 spiro atoms. The molecule has 2 N–H and O–H groups in total. The first-order chi connectivity index (χ1) is 14.1. The summed E-state index contributed by atoms with van der Waals surface area (Å²) < 4.78 is 40.6. The molecule has 7 nitrogen and oxygen atoms in total. The van der Waals surface area contributed by atoms with Gasteiger partial charge in [-0.05, 0) is 43.7 Å². The van der Waals surface area contributed by atoms with E-state index in [2.05, 4.69) is 10.9 Å². The van der Waals surface area contributed by atoms with Gasteiger partial charge in [0.1, 0.15) is 5.82 Å². The summed E-state index contributed by atoms with van der Waals surface area (Å²) in [6, 6.07) is 10.8. The average Bonchev–Trinajstić information content (AvgIpc) is 3.04. The number of thiophene rings is 1. The zero-order valence-corrected chi connectivity index (χ0v) is 18.2. The lowest BCUT2D eigenvalue weighted by Gasteiger charge is -2.17. The van der Waals surface area contributed by atoms with Gasteiger partial charge in [0.05, 0.1) is 16.3 Å². The minimum Gasteiger partial charge on any atom is -0.272 e. The minimum absolute atomic E-state index is 0.0652. The van der Waals surface area contributed by atoms with Crippen LogP contribution in [0.15, 0.2) is 47.4 Å². The predicted molar refractivity (Wildman–Crippen MR) is 113 cm³/mol. The second-order valence-corrected chi connectivity index (χ2v) is 9.84. The van der Waals surface area contributed by atoms with E-state index in [9.17, 15) is 22.4 Å². The van der Waals surface area contributed by atoms with Crippen LogP contribution in [0, 0.1) is 19.7 Å². The first-order valence-electron chi connectivity index (χ1n) is 8.91. The molecule has 2 aromatic carbocycles. The number of carbonyl (C=O) groups excluding carboxylic acids is 2. The van der Waals surface area contributed by atoms with Crippen molar-refractivity contribution in [1.82, 2.24) is 15.2 Å². The maximum absolute atomic E-state index is 14.0. The van der Waals surface area contributed by atoms with Gasteiger partial charge in [0.25, 0.3) is 11.8 Å². The molecule has 0 bridgehead atoms. The molecule has 0 radical (unpaired) electrons. The Hall–Kier alpha value is -2.82. The van der Waals surface area contributed by atoms with Crippen molar-refractivity contribution in [2.45, 2.75) is 18.7 Å². The van der Waals surface area contributed by atoms with E-state index in [0.717, 1.165) is 21.2 Å². The Bertz CT molecular complexity index is 1220. The van der Waals surface area contributed by atoms with Gasteiger partial charge in [-0.25, -0.2) is 12.8 Å². The molecule has 0 aliphatic heterocycles. The number of sulfonamides is 1. The van der Waals surface area contributed by atoms with Crippen LogP contribution in [0.1, 0.15) is 20.8 Å². The van der Waals surface area contributed by atoms with Gasteiger partial charge in [-0.2, -0.15) is 4.31 Å². The van der Waals surface area contributed by atoms with Crippen LogP contribution in [0.5, 0.6) is 0 Å². The summed E-state index contributed by atoms with van der Waals surface area (Å²) in [6.45, 7) is 2.97. The number of halogens is 1. The van der Waals surface area contributed by atoms with Crippen molar-refractivity contribution in [2.75, 3.05) is 13.6 Å². The fraction of sp³-hybridized carbons (Fsp3) is 0.200. The van der Waals surface area contributed by atoms with E-state index in [1.807, 2.05) is 6.92 Å². The number of amides is 2. The Morgan fingerprint density at radius 3 is 2.37 bits per heavy atom. The molecule has 1 aromatic heterocycles. The first-order valence-corrected chi connectivity index (χ1v) is 11.2. The number of aryl methyl sites for hydroxylation is 2. The summed E-state index contributed by atoms with van der Waals surface area (Å²) >= 11 is 1.10. The standard InChI is InChI=1S/C20H20FN3O4S2/c1-12-7-9-14(10-8-12)30(27,28)24(3)11-17(25)22-23-20(26)19-13(2)18-15(21)5-4-6-16(18)29-19/h4-10H,11H2,1-3H3,(H,22,25)(H,23,26).